The Balaban J connectivity index is 0.000000176. The van der Waals surface area contributed by atoms with Crippen molar-refractivity contribution in [3.8, 4) is 0 Å². The summed E-state index contributed by atoms with van der Waals surface area (Å²) in [6, 6.07) is 10.9. The Labute approximate surface area is 160 Å². The molecule has 0 saturated heterocycles. The summed E-state index contributed by atoms with van der Waals surface area (Å²) in [5, 5.41) is -0.0453. The molecule has 2 aromatic carbocycles. The van der Waals surface area contributed by atoms with Gasteiger partial charge in [-0.15, -0.1) is 0 Å². The number of carbonyl (C=O) groups excluding carboxylic acids is 1. The minimum atomic E-state index is -0.752. The van der Waals surface area contributed by atoms with E-state index in [0.29, 0.717) is 0 Å². The largest absolute Gasteiger partial charge is 0.366 e. The van der Waals surface area contributed by atoms with Gasteiger partial charge in [-0.1, -0.05) is 24.3 Å². The first-order chi connectivity index (χ1) is 13.3. The first kappa shape index (κ1) is 19.5. The molecule has 1 aliphatic carbocycles. The molecule has 4 N–H and O–H groups in total. The second-order valence-corrected chi connectivity index (χ2v) is 6.94. The third-order valence-corrected chi connectivity index (χ3v) is 4.80. The highest BCUT2D eigenvalue weighted by molar-refractivity contribution is 6.07. The van der Waals surface area contributed by atoms with Crippen LogP contribution in [0.25, 0.3) is 10.8 Å². The SMILES string of the molecule is Cc1c(C(N)=O)c2cccc(F)c2c(=O)n1N.Fc1cccc(CC2CC2)c1. The molecule has 146 valence electrons. The van der Waals surface area contributed by atoms with Crippen LogP contribution in [-0.2, 0) is 6.42 Å². The van der Waals surface area contributed by atoms with Crippen LogP contribution in [0.1, 0.15) is 34.5 Å². The number of pyridine rings is 1. The Kier molecular flexibility index (Phi) is 5.44. The van der Waals surface area contributed by atoms with Crippen molar-refractivity contribution in [3.63, 3.8) is 0 Å². The normalized spacial score (nSPS) is 13.1. The Morgan fingerprint density at radius 2 is 1.86 bits per heavy atom. The van der Waals surface area contributed by atoms with Gasteiger partial charge in [-0.2, -0.15) is 0 Å². The number of primary amides is 1. The zero-order chi connectivity index (χ0) is 20.4. The molecule has 1 saturated carbocycles. The van der Waals surface area contributed by atoms with Crippen molar-refractivity contribution in [2.75, 3.05) is 5.84 Å². The van der Waals surface area contributed by atoms with E-state index in [9.17, 15) is 18.4 Å². The van der Waals surface area contributed by atoms with Gasteiger partial charge in [0.2, 0.25) is 0 Å². The number of nitrogen functional groups attached to an aromatic ring is 1. The van der Waals surface area contributed by atoms with Crippen LogP contribution in [0, 0.1) is 24.5 Å². The first-order valence-corrected chi connectivity index (χ1v) is 8.92. The molecule has 0 atom stereocenters. The summed E-state index contributed by atoms with van der Waals surface area (Å²) in [4.78, 5) is 23.1. The molecular weight excluding hydrogens is 364 g/mol. The van der Waals surface area contributed by atoms with E-state index in [2.05, 4.69) is 0 Å². The predicted octanol–water partition coefficient (Wildman–Crippen LogP) is 3.04. The van der Waals surface area contributed by atoms with E-state index in [0.717, 1.165) is 28.6 Å². The second-order valence-electron chi connectivity index (χ2n) is 6.94. The van der Waals surface area contributed by atoms with Gasteiger partial charge < -0.3 is 11.6 Å². The molecular formula is C21H21F2N3O2. The van der Waals surface area contributed by atoms with E-state index in [1.54, 1.807) is 12.1 Å². The monoisotopic (exact) mass is 385 g/mol. The molecule has 1 fully saturated rings. The highest BCUT2D eigenvalue weighted by atomic mass is 19.1. The van der Waals surface area contributed by atoms with Gasteiger partial charge in [-0.05, 0) is 55.9 Å². The number of benzene rings is 2. The van der Waals surface area contributed by atoms with E-state index < -0.39 is 17.3 Å². The van der Waals surface area contributed by atoms with Gasteiger partial charge >= 0.3 is 0 Å². The van der Waals surface area contributed by atoms with Crippen LogP contribution in [-0.4, -0.2) is 10.6 Å². The predicted molar refractivity (Wildman–Crippen MR) is 104 cm³/mol. The van der Waals surface area contributed by atoms with E-state index >= 15 is 0 Å². The van der Waals surface area contributed by atoms with Crippen molar-refractivity contribution < 1.29 is 13.6 Å². The summed E-state index contributed by atoms with van der Waals surface area (Å²) in [6.07, 6.45) is 3.73. The number of nitrogens with two attached hydrogens (primary N) is 2. The highest BCUT2D eigenvalue weighted by Gasteiger charge is 2.21. The summed E-state index contributed by atoms with van der Waals surface area (Å²) in [7, 11) is 0. The van der Waals surface area contributed by atoms with E-state index in [1.807, 2.05) is 6.07 Å². The van der Waals surface area contributed by atoms with Crippen molar-refractivity contribution in [1.29, 1.82) is 0 Å². The Hall–Kier alpha value is -3.22. The second kappa shape index (κ2) is 7.80. The lowest BCUT2D eigenvalue weighted by Gasteiger charge is -2.11. The molecule has 0 bridgehead atoms. The molecule has 1 heterocycles. The number of nitrogens with zero attached hydrogens (tertiary/aromatic N) is 1. The lowest BCUT2D eigenvalue weighted by atomic mass is 10.0. The topological polar surface area (TPSA) is 91.1 Å². The van der Waals surface area contributed by atoms with Crippen molar-refractivity contribution in [1.82, 2.24) is 4.68 Å². The lowest BCUT2D eigenvalue weighted by molar-refractivity contribution is 0.100. The third kappa shape index (κ3) is 4.03. The quantitative estimate of drug-likeness (QED) is 0.679. The number of amides is 1. The van der Waals surface area contributed by atoms with Crippen LogP contribution in [0.4, 0.5) is 8.78 Å². The van der Waals surface area contributed by atoms with Gasteiger partial charge in [-0.3, -0.25) is 9.59 Å². The lowest BCUT2D eigenvalue weighted by Crippen LogP contribution is -2.33. The number of hydrogen-bond acceptors (Lipinski definition) is 3. The average molecular weight is 385 g/mol. The summed E-state index contributed by atoms with van der Waals surface area (Å²) < 4.78 is 26.9. The van der Waals surface area contributed by atoms with Gasteiger partial charge in [0.05, 0.1) is 16.6 Å². The fourth-order valence-corrected chi connectivity index (χ4v) is 3.17. The number of fused-ring (bicyclic) bond motifs is 1. The summed E-state index contributed by atoms with van der Waals surface area (Å²) in [6.45, 7) is 1.48. The third-order valence-electron chi connectivity index (χ3n) is 4.80. The zero-order valence-corrected chi connectivity index (χ0v) is 15.4. The molecule has 0 spiro atoms. The molecule has 0 unspecified atom stereocenters. The van der Waals surface area contributed by atoms with Gasteiger partial charge in [0.15, 0.2) is 0 Å². The Morgan fingerprint density at radius 1 is 1.18 bits per heavy atom. The van der Waals surface area contributed by atoms with Crippen LogP contribution in [0.3, 0.4) is 0 Å². The van der Waals surface area contributed by atoms with Gasteiger partial charge in [-0.25, -0.2) is 13.5 Å². The fraction of sp³-hybridized carbons (Fsp3) is 0.238. The average Bonchev–Trinajstić information content (AvgIpc) is 3.44. The summed E-state index contributed by atoms with van der Waals surface area (Å²) >= 11 is 0. The maximum absolute atomic E-state index is 13.6. The Morgan fingerprint density at radius 3 is 2.46 bits per heavy atom. The van der Waals surface area contributed by atoms with Crippen LogP contribution in [0.15, 0.2) is 47.3 Å². The molecule has 7 heteroatoms. The zero-order valence-electron chi connectivity index (χ0n) is 15.4. The van der Waals surface area contributed by atoms with Gasteiger partial charge in [0.1, 0.15) is 11.6 Å². The molecule has 0 radical (unpaired) electrons. The first-order valence-electron chi connectivity index (χ1n) is 8.92. The molecule has 1 aliphatic rings. The summed E-state index contributed by atoms with van der Waals surface area (Å²) in [5.74, 6) is 4.74. The van der Waals surface area contributed by atoms with Gasteiger partial charge in [0, 0.05) is 5.39 Å². The minimum Gasteiger partial charge on any atom is -0.366 e. The standard InChI is InChI=1S/C11H10FN3O2.C10H11F/c1-5-8(10(13)16)6-3-2-4-7(12)9(6)11(17)15(5)14;11-10-3-1-2-9(7-10)6-8-4-5-8/h2-4H,14H2,1H3,(H2,13,16);1-3,7-8H,4-6H2. The molecule has 1 aromatic heterocycles. The van der Waals surface area contributed by atoms with Crippen LogP contribution in [0.2, 0.25) is 0 Å². The number of rotatable bonds is 3. The minimum absolute atomic E-state index is 0.0570. The number of hydrogen-bond donors (Lipinski definition) is 2. The molecule has 28 heavy (non-hydrogen) atoms. The number of carbonyl (C=O) groups is 1. The smallest absolute Gasteiger partial charge is 0.279 e. The van der Waals surface area contributed by atoms with Crippen LogP contribution >= 0.6 is 0 Å². The molecule has 5 nitrogen and oxygen atoms in total. The molecule has 3 aromatic rings. The van der Waals surface area contributed by atoms with E-state index in [1.165, 1.54) is 38.0 Å². The number of halogens is 2. The Bertz CT molecular complexity index is 1100. The van der Waals surface area contributed by atoms with Crippen molar-refractivity contribution >= 4 is 16.7 Å². The van der Waals surface area contributed by atoms with Crippen molar-refractivity contribution in [3.05, 3.63) is 81.3 Å². The van der Waals surface area contributed by atoms with Crippen LogP contribution < -0.4 is 17.1 Å². The highest BCUT2D eigenvalue weighted by Crippen LogP contribution is 2.32. The maximum atomic E-state index is 13.6. The van der Waals surface area contributed by atoms with Crippen molar-refractivity contribution in [2.45, 2.75) is 26.2 Å². The molecule has 0 aliphatic heterocycles. The molecule has 4 rings (SSSR count). The van der Waals surface area contributed by atoms with E-state index in [-0.39, 0.29) is 27.8 Å². The summed E-state index contributed by atoms with van der Waals surface area (Å²) in [5.41, 5.74) is 5.94. The maximum Gasteiger partial charge on any atom is 0.279 e. The molecule has 1 amide bonds. The van der Waals surface area contributed by atoms with Crippen molar-refractivity contribution in [2.24, 2.45) is 11.7 Å². The van der Waals surface area contributed by atoms with Crippen LogP contribution in [0.5, 0.6) is 0 Å². The fourth-order valence-electron chi connectivity index (χ4n) is 3.17. The number of aromatic nitrogens is 1. The van der Waals surface area contributed by atoms with Gasteiger partial charge in [0.25, 0.3) is 11.5 Å². The van der Waals surface area contributed by atoms with E-state index in [4.69, 9.17) is 11.6 Å².